The van der Waals surface area contributed by atoms with Crippen molar-refractivity contribution in [3.63, 3.8) is 0 Å². The Morgan fingerprint density at radius 3 is 2.41 bits per heavy atom. The van der Waals surface area contributed by atoms with Crippen molar-refractivity contribution in [3.05, 3.63) is 33.1 Å². The fraction of sp³-hybridized carbons (Fsp3) is 0.792. The molecule has 0 amide bonds. The molecule has 2 rings (SSSR count). The molecular weight excluding hydrogens is 515 g/mol. The van der Waals surface area contributed by atoms with E-state index in [2.05, 4.69) is 15.7 Å². The topological polar surface area (TPSA) is 150 Å². The molecule has 0 radical (unpaired) electrons. The van der Waals surface area contributed by atoms with E-state index in [9.17, 15) is 19.5 Å². The molecule has 1 aromatic heterocycles. The van der Waals surface area contributed by atoms with Crippen LogP contribution in [0.15, 0.2) is 21.9 Å². The number of hydrogen-bond acceptors (Lipinski definition) is 9. The smallest absolute Gasteiger partial charge is 0.330 e. The highest BCUT2D eigenvalue weighted by atomic mass is 31.2. The van der Waals surface area contributed by atoms with E-state index in [1.165, 1.54) is 16.8 Å². The standard InChI is InChI=1S/C24H43N4O7PSi/c1-16(2)28(17(3)4)36(33-13-9-11-25)35-21-18(14-24(5,6)37(7,8)32)22(34-19(21)15-29)27-12-10-20(30)26-23(27)31/h10,12,16-19,21-22,29,32H,9,13-15H2,1-8H3,(H,26,30,31)/t18-,19+,21?,22+,36?/m0/s1. The van der Waals surface area contributed by atoms with Crippen LogP contribution in [0.3, 0.4) is 0 Å². The van der Waals surface area contributed by atoms with Gasteiger partial charge in [-0.1, -0.05) is 13.8 Å². The van der Waals surface area contributed by atoms with Gasteiger partial charge in [0.05, 0.1) is 25.7 Å². The first kappa shape index (κ1) is 31.8. The van der Waals surface area contributed by atoms with Crippen LogP contribution in [0.1, 0.15) is 60.6 Å². The highest BCUT2D eigenvalue weighted by Crippen LogP contribution is 2.54. The molecule has 2 heterocycles. The van der Waals surface area contributed by atoms with Crippen LogP contribution in [0, 0.1) is 17.2 Å². The molecule has 13 heteroatoms. The second kappa shape index (κ2) is 13.1. The lowest BCUT2D eigenvalue weighted by molar-refractivity contribution is -0.0472. The molecule has 11 nitrogen and oxygen atoms in total. The third-order valence-electron chi connectivity index (χ3n) is 7.05. The zero-order valence-electron chi connectivity index (χ0n) is 23.2. The molecule has 210 valence electrons. The number of rotatable bonds is 13. The molecule has 0 bridgehead atoms. The van der Waals surface area contributed by atoms with E-state index in [0.29, 0.717) is 6.42 Å². The lowest BCUT2D eigenvalue weighted by Gasteiger charge is -2.41. The Morgan fingerprint density at radius 2 is 1.92 bits per heavy atom. The van der Waals surface area contributed by atoms with Crippen molar-refractivity contribution in [1.29, 1.82) is 5.26 Å². The van der Waals surface area contributed by atoms with Crippen molar-refractivity contribution in [1.82, 2.24) is 14.2 Å². The summed E-state index contributed by atoms with van der Waals surface area (Å²) >= 11 is 0. The van der Waals surface area contributed by atoms with E-state index in [0.717, 1.165) is 0 Å². The molecule has 1 aliphatic heterocycles. The van der Waals surface area contributed by atoms with Crippen LogP contribution in [0.5, 0.6) is 0 Å². The number of aliphatic hydroxyl groups is 1. The summed E-state index contributed by atoms with van der Waals surface area (Å²) in [5.41, 5.74) is -1.15. The largest absolute Gasteiger partial charge is 0.432 e. The van der Waals surface area contributed by atoms with Gasteiger partial charge in [-0.25, -0.2) is 9.46 Å². The van der Waals surface area contributed by atoms with E-state index in [4.69, 9.17) is 19.0 Å². The fourth-order valence-electron chi connectivity index (χ4n) is 4.44. The van der Waals surface area contributed by atoms with E-state index >= 15 is 0 Å². The van der Waals surface area contributed by atoms with Crippen molar-refractivity contribution in [3.8, 4) is 6.07 Å². The number of nitrogens with zero attached hydrogens (tertiary/aromatic N) is 3. The quantitative estimate of drug-likeness (QED) is 0.189. The molecule has 0 aliphatic carbocycles. The second-order valence-corrected chi connectivity index (χ2v) is 17.1. The minimum atomic E-state index is -2.68. The van der Waals surface area contributed by atoms with E-state index in [1.54, 1.807) is 0 Å². The fourth-order valence-corrected chi connectivity index (χ4v) is 6.98. The number of H-pyrrole nitrogens is 1. The summed E-state index contributed by atoms with van der Waals surface area (Å²) in [6, 6.07) is 3.47. The zero-order valence-corrected chi connectivity index (χ0v) is 25.1. The molecule has 0 spiro atoms. The van der Waals surface area contributed by atoms with Gasteiger partial charge in [-0.15, -0.1) is 0 Å². The number of hydrogen-bond donors (Lipinski definition) is 3. The Balaban J connectivity index is 2.58. The van der Waals surface area contributed by atoms with Crippen LogP contribution < -0.4 is 11.2 Å². The van der Waals surface area contributed by atoms with Gasteiger partial charge in [-0.3, -0.25) is 14.3 Å². The summed E-state index contributed by atoms with van der Waals surface area (Å²) in [6.45, 7) is 15.6. The van der Waals surface area contributed by atoms with E-state index in [1.807, 2.05) is 54.6 Å². The summed E-state index contributed by atoms with van der Waals surface area (Å²) < 4.78 is 22.4. The SMILES string of the molecule is CC(C)N(C(C)C)P(OCCC#N)OC1[C@@H](CO)O[C@@H](n2ccc(=O)[nH]c2=O)[C@H]1CC(C)(C)[Si](C)(C)O. The van der Waals surface area contributed by atoms with Gasteiger partial charge in [0.25, 0.3) is 14.1 Å². The normalized spacial score (nSPS) is 23.7. The molecule has 5 atom stereocenters. The Labute approximate surface area is 221 Å². The molecule has 37 heavy (non-hydrogen) atoms. The van der Waals surface area contributed by atoms with Crippen LogP contribution in [0.25, 0.3) is 0 Å². The number of aromatic amines is 1. The molecule has 0 saturated carbocycles. The summed E-state index contributed by atoms with van der Waals surface area (Å²) in [4.78, 5) is 37.8. The Kier molecular flexibility index (Phi) is 11.2. The van der Waals surface area contributed by atoms with E-state index in [-0.39, 0.29) is 31.7 Å². The lowest BCUT2D eigenvalue weighted by atomic mass is 9.89. The van der Waals surface area contributed by atoms with Gasteiger partial charge >= 0.3 is 5.69 Å². The molecule has 1 aliphatic rings. The van der Waals surface area contributed by atoms with Gasteiger partial charge in [0, 0.05) is 30.3 Å². The lowest BCUT2D eigenvalue weighted by Crippen LogP contribution is -2.44. The van der Waals surface area contributed by atoms with E-state index < -0.39 is 57.5 Å². The van der Waals surface area contributed by atoms with Crippen molar-refractivity contribution in [2.24, 2.45) is 5.92 Å². The average molecular weight is 559 g/mol. The summed E-state index contributed by atoms with van der Waals surface area (Å²) in [7, 11) is -4.34. The summed E-state index contributed by atoms with van der Waals surface area (Å²) in [6.07, 6.45) is -0.288. The predicted octanol–water partition coefficient (Wildman–Crippen LogP) is 3.07. The first-order valence-electron chi connectivity index (χ1n) is 12.7. The predicted molar refractivity (Wildman–Crippen MR) is 144 cm³/mol. The van der Waals surface area contributed by atoms with Gasteiger partial charge in [-0.2, -0.15) is 5.26 Å². The monoisotopic (exact) mass is 558 g/mol. The molecule has 3 N–H and O–H groups in total. The summed E-state index contributed by atoms with van der Waals surface area (Å²) in [5, 5.41) is 18.8. The summed E-state index contributed by atoms with van der Waals surface area (Å²) in [5.74, 6) is -0.458. The molecule has 1 aromatic rings. The van der Waals surface area contributed by atoms with Crippen molar-refractivity contribution >= 4 is 16.8 Å². The van der Waals surface area contributed by atoms with Crippen molar-refractivity contribution < 1.29 is 23.7 Å². The third kappa shape index (κ3) is 7.80. The maximum Gasteiger partial charge on any atom is 0.330 e. The number of ether oxygens (including phenoxy) is 1. The maximum atomic E-state index is 12.7. The minimum Gasteiger partial charge on any atom is -0.432 e. The van der Waals surface area contributed by atoms with Crippen molar-refractivity contribution in [2.45, 2.75) is 103 Å². The van der Waals surface area contributed by atoms with Gasteiger partial charge in [-0.05, 0) is 52.2 Å². The number of aromatic nitrogens is 2. The number of nitriles is 1. The molecule has 0 aromatic carbocycles. The van der Waals surface area contributed by atoms with Crippen LogP contribution in [0.2, 0.25) is 18.1 Å². The van der Waals surface area contributed by atoms with Gasteiger partial charge in [0.1, 0.15) is 18.4 Å². The zero-order chi connectivity index (χ0) is 28.1. The number of nitrogens with one attached hydrogen (secondary N) is 1. The first-order chi connectivity index (χ1) is 17.1. The Hall–Kier alpha value is -1.42. The van der Waals surface area contributed by atoms with Gasteiger partial charge in [0.15, 0.2) is 8.32 Å². The van der Waals surface area contributed by atoms with Crippen LogP contribution in [-0.2, 0) is 13.8 Å². The Morgan fingerprint density at radius 1 is 1.30 bits per heavy atom. The minimum absolute atomic E-state index is 0.0689. The van der Waals surface area contributed by atoms with Crippen LogP contribution in [0.4, 0.5) is 0 Å². The Bertz CT molecular complexity index is 1030. The molecule has 1 fully saturated rings. The number of aliphatic hydroxyl groups excluding tert-OH is 1. The first-order valence-corrected chi connectivity index (χ1v) is 16.8. The molecule has 2 unspecified atom stereocenters. The average Bonchev–Trinajstić information content (AvgIpc) is 3.09. The van der Waals surface area contributed by atoms with Crippen LogP contribution >= 0.6 is 8.53 Å². The maximum absolute atomic E-state index is 12.7. The highest BCUT2D eigenvalue weighted by Gasteiger charge is 2.52. The van der Waals surface area contributed by atoms with Gasteiger partial charge < -0.3 is 23.7 Å². The highest BCUT2D eigenvalue weighted by molar-refractivity contribution is 7.44. The van der Waals surface area contributed by atoms with Crippen molar-refractivity contribution in [2.75, 3.05) is 13.2 Å². The molecule has 1 saturated heterocycles. The molecular formula is C24H43N4O7PSi. The second-order valence-electron chi connectivity index (χ2n) is 11.2. The third-order valence-corrected chi connectivity index (χ3v) is 12.7. The van der Waals surface area contributed by atoms with Crippen LogP contribution in [-0.4, -0.2) is 69.9 Å². The van der Waals surface area contributed by atoms with Gasteiger partial charge in [0.2, 0.25) is 0 Å².